The van der Waals surface area contributed by atoms with E-state index in [1.54, 1.807) is 0 Å². The van der Waals surface area contributed by atoms with E-state index in [4.69, 9.17) is 0 Å². The number of aromatic nitrogens is 2. The van der Waals surface area contributed by atoms with Crippen LogP contribution in [-0.4, -0.2) is 17.0 Å². The van der Waals surface area contributed by atoms with Crippen molar-refractivity contribution in [1.29, 1.82) is 0 Å². The topological polar surface area (TPSA) is 37.8 Å². The highest BCUT2D eigenvalue weighted by molar-refractivity contribution is 5.65. The van der Waals surface area contributed by atoms with Crippen LogP contribution in [0.15, 0.2) is 36.9 Å². The molecule has 0 atom stereocenters. The monoisotopic (exact) mass is 213 g/mol. The molecule has 2 rings (SSSR count). The van der Waals surface area contributed by atoms with Crippen LogP contribution in [0.25, 0.3) is 11.1 Å². The van der Waals surface area contributed by atoms with Gasteiger partial charge < -0.3 is 5.32 Å². The summed E-state index contributed by atoms with van der Waals surface area (Å²) in [5.74, 6) is 0. The molecule has 0 unspecified atom stereocenters. The van der Waals surface area contributed by atoms with Gasteiger partial charge in [-0.25, -0.2) is 0 Å². The Morgan fingerprint density at radius 3 is 2.81 bits per heavy atom. The van der Waals surface area contributed by atoms with Gasteiger partial charge in [0.05, 0.1) is 0 Å². The quantitative estimate of drug-likeness (QED) is 0.849. The zero-order chi connectivity index (χ0) is 11.4. The van der Waals surface area contributed by atoms with Crippen LogP contribution in [0.5, 0.6) is 0 Å². The molecule has 0 spiro atoms. The molecule has 2 aromatic rings. The molecule has 2 heterocycles. The second kappa shape index (κ2) is 4.86. The minimum Gasteiger partial charge on any atom is -0.316 e. The second-order valence-electron chi connectivity index (χ2n) is 3.80. The van der Waals surface area contributed by atoms with Crippen molar-refractivity contribution < 1.29 is 0 Å². The molecule has 0 saturated heterocycles. The third kappa shape index (κ3) is 2.25. The van der Waals surface area contributed by atoms with Gasteiger partial charge in [-0.3, -0.25) is 9.97 Å². The van der Waals surface area contributed by atoms with E-state index < -0.39 is 0 Å². The number of nitrogens with one attached hydrogen (secondary N) is 1. The van der Waals surface area contributed by atoms with Crippen LogP contribution in [0, 0.1) is 6.92 Å². The van der Waals surface area contributed by atoms with E-state index in [2.05, 4.69) is 28.3 Å². The Balaban J connectivity index is 2.40. The minimum atomic E-state index is 0.833. The maximum atomic E-state index is 4.25. The molecule has 0 radical (unpaired) electrons. The fourth-order valence-corrected chi connectivity index (χ4v) is 1.70. The molecule has 82 valence electrons. The highest BCUT2D eigenvalue weighted by Crippen LogP contribution is 2.21. The van der Waals surface area contributed by atoms with Crippen molar-refractivity contribution >= 4 is 0 Å². The highest BCUT2D eigenvalue weighted by Gasteiger charge is 2.02. The average Bonchev–Trinajstić information content (AvgIpc) is 2.30. The van der Waals surface area contributed by atoms with Gasteiger partial charge in [0.1, 0.15) is 0 Å². The fraction of sp³-hybridized carbons (Fsp3) is 0.231. The van der Waals surface area contributed by atoms with Crippen molar-refractivity contribution in [2.75, 3.05) is 7.05 Å². The van der Waals surface area contributed by atoms with E-state index in [0.717, 1.165) is 17.7 Å². The van der Waals surface area contributed by atoms with Gasteiger partial charge in [-0.1, -0.05) is 0 Å². The predicted molar refractivity (Wildman–Crippen MR) is 65.0 cm³/mol. The fourth-order valence-electron chi connectivity index (χ4n) is 1.70. The maximum absolute atomic E-state index is 4.25. The first-order valence-electron chi connectivity index (χ1n) is 5.31. The summed E-state index contributed by atoms with van der Waals surface area (Å²) in [6.07, 6.45) is 7.45. The lowest BCUT2D eigenvalue weighted by molar-refractivity contribution is 0.813. The Labute approximate surface area is 95.6 Å². The van der Waals surface area contributed by atoms with E-state index >= 15 is 0 Å². The first kappa shape index (κ1) is 10.8. The molecule has 0 amide bonds. The first-order valence-corrected chi connectivity index (χ1v) is 5.31. The normalized spacial score (nSPS) is 10.4. The van der Waals surface area contributed by atoms with Crippen molar-refractivity contribution in [2.45, 2.75) is 13.5 Å². The summed E-state index contributed by atoms with van der Waals surface area (Å²) in [6.45, 7) is 2.92. The summed E-state index contributed by atoms with van der Waals surface area (Å²) in [7, 11) is 1.93. The van der Waals surface area contributed by atoms with E-state index in [9.17, 15) is 0 Å². The van der Waals surface area contributed by atoms with Crippen LogP contribution in [-0.2, 0) is 6.54 Å². The van der Waals surface area contributed by atoms with Gasteiger partial charge in [-0.2, -0.15) is 0 Å². The van der Waals surface area contributed by atoms with E-state index in [0.29, 0.717) is 0 Å². The van der Waals surface area contributed by atoms with Gasteiger partial charge in [-0.05, 0) is 37.2 Å². The summed E-state index contributed by atoms with van der Waals surface area (Å²) < 4.78 is 0. The number of rotatable bonds is 3. The van der Waals surface area contributed by atoms with Gasteiger partial charge in [0.2, 0.25) is 0 Å². The second-order valence-corrected chi connectivity index (χ2v) is 3.80. The smallest absolute Gasteiger partial charge is 0.0349 e. The number of aryl methyl sites for hydroxylation is 1. The van der Waals surface area contributed by atoms with Crippen LogP contribution in [0.4, 0.5) is 0 Å². The Morgan fingerprint density at radius 2 is 2.06 bits per heavy atom. The van der Waals surface area contributed by atoms with Gasteiger partial charge in [-0.15, -0.1) is 0 Å². The highest BCUT2D eigenvalue weighted by atomic mass is 14.8. The minimum absolute atomic E-state index is 0.833. The Bertz CT molecular complexity index is 480. The van der Waals surface area contributed by atoms with Crippen molar-refractivity contribution in [3.8, 4) is 11.1 Å². The zero-order valence-corrected chi connectivity index (χ0v) is 9.57. The lowest BCUT2D eigenvalue weighted by Gasteiger charge is -2.06. The van der Waals surface area contributed by atoms with Crippen LogP contribution < -0.4 is 5.32 Å². The van der Waals surface area contributed by atoms with Crippen LogP contribution >= 0.6 is 0 Å². The molecule has 0 saturated carbocycles. The zero-order valence-electron chi connectivity index (χ0n) is 9.57. The molecular formula is C13H15N3. The third-order valence-corrected chi connectivity index (χ3v) is 2.53. The molecule has 0 aliphatic carbocycles. The van der Waals surface area contributed by atoms with E-state index in [1.807, 2.05) is 37.9 Å². The molecule has 0 aliphatic rings. The molecular weight excluding hydrogens is 198 g/mol. The van der Waals surface area contributed by atoms with Gasteiger partial charge in [0.15, 0.2) is 0 Å². The standard InChI is InChI=1S/C13H15N3/c1-10-3-4-15-9-13(10)12-5-11(6-14-2)7-16-8-12/h3-5,7-9,14H,6H2,1-2H3. The van der Waals surface area contributed by atoms with Crippen LogP contribution in [0.1, 0.15) is 11.1 Å². The van der Waals surface area contributed by atoms with Gasteiger partial charge >= 0.3 is 0 Å². The summed E-state index contributed by atoms with van der Waals surface area (Å²) in [6, 6.07) is 4.16. The molecule has 0 bridgehead atoms. The summed E-state index contributed by atoms with van der Waals surface area (Å²) in [4.78, 5) is 8.41. The number of hydrogen-bond acceptors (Lipinski definition) is 3. The first-order chi connectivity index (χ1) is 7.81. The Morgan fingerprint density at radius 1 is 1.19 bits per heavy atom. The van der Waals surface area contributed by atoms with Crippen molar-refractivity contribution in [2.24, 2.45) is 0 Å². The van der Waals surface area contributed by atoms with Crippen LogP contribution in [0.3, 0.4) is 0 Å². The van der Waals surface area contributed by atoms with Gasteiger partial charge in [0.25, 0.3) is 0 Å². The molecule has 3 heteroatoms. The molecule has 3 nitrogen and oxygen atoms in total. The number of pyridine rings is 2. The summed E-state index contributed by atoms with van der Waals surface area (Å²) >= 11 is 0. The van der Waals surface area contributed by atoms with Gasteiger partial charge in [0, 0.05) is 42.5 Å². The number of hydrogen-bond donors (Lipinski definition) is 1. The molecule has 0 aliphatic heterocycles. The Hall–Kier alpha value is -1.74. The van der Waals surface area contributed by atoms with Crippen molar-refractivity contribution in [3.05, 3.63) is 48.0 Å². The van der Waals surface area contributed by atoms with Crippen molar-refractivity contribution in [3.63, 3.8) is 0 Å². The lowest BCUT2D eigenvalue weighted by Crippen LogP contribution is -2.05. The lowest BCUT2D eigenvalue weighted by atomic mass is 10.0. The molecule has 1 N–H and O–H groups in total. The Kier molecular flexibility index (Phi) is 3.27. The molecule has 16 heavy (non-hydrogen) atoms. The summed E-state index contributed by atoms with van der Waals surface area (Å²) in [5, 5.41) is 3.12. The predicted octanol–water partition coefficient (Wildman–Crippen LogP) is 2.17. The van der Waals surface area contributed by atoms with E-state index in [-0.39, 0.29) is 0 Å². The molecule has 0 aromatic carbocycles. The van der Waals surface area contributed by atoms with Crippen LogP contribution in [0.2, 0.25) is 0 Å². The maximum Gasteiger partial charge on any atom is 0.0349 e. The number of nitrogens with zero attached hydrogens (tertiary/aromatic N) is 2. The van der Waals surface area contributed by atoms with Crippen molar-refractivity contribution in [1.82, 2.24) is 15.3 Å². The van der Waals surface area contributed by atoms with E-state index in [1.165, 1.54) is 11.1 Å². The third-order valence-electron chi connectivity index (χ3n) is 2.53. The molecule has 2 aromatic heterocycles. The molecule has 0 fully saturated rings. The summed E-state index contributed by atoms with van der Waals surface area (Å²) in [5.41, 5.74) is 4.67. The average molecular weight is 213 g/mol. The largest absolute Gasteiger partial charge is 0.316 e. The SMILES string of the molecule is CNCc1cncc(-c2cnccc2C)c1.